The molecule has 0 saturated carbocycles. The summed E-state index contributed by atoms with van der Waals surface area (Å²) in [5.41, 5.74) is -1.06. The van der Waals surface area contributed by atoms with Gasteiger partial charge in [0.25, 0.3) is 0 Å². The van der Waals surface area contributed by atoms with Crippen LogP contribution in [-0.4, -0.2) is 11.3 Å². The molecular formula is C13H8F3NO2. The molecular weight excluding hydrogens is 259 g/mol. The molecule has 1 aromatic carbocycles. The number of hydrogen-bond acceptors (Lipinski definition) is 3. The number of hydrogen-bond donors (Lipinski definition) is 0. The van der Waals surface area contributed by atoms with Crippen LogP contribution in [0, 0.1) is 0 Å². The SMILES string of the molecule is O=Cc1ccc(Oc2cccnc2)c(C(F)(F)F)c1. The highest BCUT2D eigenvalue weighted by atomic mass is 19.4. The first-order valence-electron chi connectivity index (χ1n) is 5.25. The number of pyridine rings is 1. The topological polar surface area (TPSA) is 39.2 Å². The lowest BCUT2D eigenvalue weighted by atomic mass is 10.1. The Bertz CT molecular complexity index is 582. The van der Waals surface area contributed by atoms with Gasteiger partial charge < -0.3 is 4.74 Å². The summed E-state index contributed by atoms with van der Waals surface area (Å²) in [5.74, 6) is -0.182. The first-order valence-corrected chi connectivity index (χ1v) is 5.25. The Hall–Kier alpha value is -2.37. The van der Waals surface area contributed by atoms with E-state index in [1.54, 1.807) is 6.07 Å². The van der Waals surface area contributed by atoms with E-state index in [1.165, 1.54) is 24.5 Å². The first-order chi connectivity index (χ1) is 9.00. The quantitative estimate of drug-likeness (QED) is 0.796. The van der Waals surface area contributed by atoms with E-state index in [0.717, 1.165) is 12.1 Å². The Kier molecular flexibility index (Phi) is 3.50. The summed E-state index contributed by atoms with van der Waals surface area (Å²) in [6, 6.07) is 6.15. The molecule has 0 aliphatic rings. The molecule has 0 fully saturated rings. The van der Waals surface area contributed by atoms with Crippen LogP contribution in [0.2, 0.25) is 0 Å². The van der Waals surface area contributed by atoms with Gasteiger partial charge in [0.2, 0.25) is 0 Å². The van der Waals surface area contributed by atoms with Gasteiger partial charge in [0, 0.05) is 11.8 Å². The Morgan fingerprint density at radius 1 is 1.21 bits per heavy atom. The van der Waals surface area contributed by atoms with Crippen LogP contribution in [0.5, 0.6) is 11.5 Å². The van der Waals surface area contributed by atoms with Crippen LogP contribution in [-0.2, 0) is 6.18 Å². The second kappa shape index (κ2) is 5.09. The van der Waals surface area contributed by atoms with Gasteiger partial charge in [-0.3, -0.25) is 9.78 Å². The number of nitrogens with zero attached hydrogens (tertiary/aromatic N) is 1. The molecule has 0 aliphatic heterocycles. The average Bonchev–Trinajstić information content (AvgIpc) is 2.39. The van der Waals surface area contributed by atoms with Crippen molar-refractivity contribution in [2.24, 2.45) is 0 Å². The molecule has 0 bridgehead atoms. The van der Waals surface area contributed by atoms with E-state index >= 15 is 0 Å². The van der Waals surface area contributed by atoms with Crippen LogP contribution in [0.25, 0.3) is 0 Å². The van der Waals surface area contributed by atoms with Crippen molar-refractivity contribution >= 4 is 6.29 Å². The maximum Gasteiger partial charge on any atom is 0.420 e. The fraction of sp³-hybridized carbons (Fsp3) is 0.0769. The number of ether oxygens (including phenoxy) is 1. The minimum absolute atomic E-state index is 0.0640. The summed E-state index contributed by atoms with van der Waals surface area (Å²) >= 11 is 0. The van der Waals surface area contributed by atoms with Crippen molar-refractivity contribution in [3.05, 3.63) is 53.9 Å². The first kappa shape index (κ1) is 13.1. The molecule has 0 radical (unpaired) electrons. The molecule has 0 atom stereocenters. The predicted molar refractivity (Wildman–Crippen MR) is 61.1 cm³/mol. The van der Waals surface area contributed by atoms with Crippen molar-refractivity contribution in [2.45, 2.75) is 6.18 Å². The lowest BCUT2D eigenvalue weighted by Crippen LogP contribution is -2.08. The zero-order valence-corrected chi connectivity index (χ0v) is 9.52. The van der Waals surface area contributed by atoms with Gasteiger partial charge in [-0.1, -0.05) is 0 Å². The molecule has 0 amide bonds. The summed E-state index contributed by atoms with van der Waals surface area (Å²) in [5, 5.41) is 0. The van der Waals surface area contributed by atoms with Crippen molar-refractivity contribution in [1.29, 1.82) is 0 Å². The number of aromatic nitrogens is 1. The van der Waals surface area contributed by atoms with Crippen LogP contribution < -0.4 is 4.74 Å². The monoisotopic (exact) mass is 267 g/mol. The molecule has 0 saturated heterocycles. The fourth-order valence-corrected chi connectivity index (χ4v) is 1.47. The number of halogens is 3. The zero-order chi connectivity index (χ0) is 13.9. The Labute approximate surface area is 106 Å². The second-order valence-electron chi connectivity index (χ2n) is 3.66. The van der Waals surface area contributed by atoms with E-state index in [2.05, 4.69) is 4.98 Å². The minimum Gasteiger partial charge on any atom is -0.455 e. The maximum absolute atomic E-state index is 12.9. The van der Waals surface area contributed by atoms with Gasteiger partial charge in [-0.2, -0.15) is 13.2 Å². The van der Waals surface area contributed by atoms with E-state index < -0.39 is 11.7 Å². The molecule has 2 aromatic rings. The normalized spacial score (nSPS) is 11.1. The van der Waals surface area contributed by atoms with Crippen LogP contribution in [0.3, 0.4) is 0 Å². The molecule has 3 nitrogen and oxygen atoms in total. The van der Waals surface area contributed by atoms with Gasteiger partial charge in [-0.15, -0.1) is 0 Å². The lowest BCUT2D eigenvalue weighted by molar-refractivity contribution is -0.138. The van der Waals surface area contributed by atoms with Gasteiger partial charge >= 0.3 is 6.18 Å². The zero-order valence-electron chi connectivity index (χ0n) is 9.52. The molecule has 1 heterocycles. The summed E-state index contributed by atoms with van der Waals surface area (Å²) in [6.07, 6.45) is -1.47. The lowest BCUT2D eigenvalue weighted by Gasteiger charge is -2.13. The third kappa shape index (κ3) is 3.09. The van der Waals surface area contributed by atoms with Crippen molar-refractivity contribution < 1.29 is 22.7 Å². The van der Waals surface area contributed by atoms with E-state index in [9.17, 15) is 18.0 Å². The second-order valence-corrected chi connectivity index (χ2v) is 3.66. The summed E-state index contributed by atoms with van der Waals surface area (Å²) in [7, 11) is 0. The summed E-state index contributed by atoms with van der Waals surface area (Å²) in [6.45, 7) is 0. The Balaban J connectivity index is 2.42. The van der Waals surface area contributed by atoms with Crippen molar-refractivity contribution in [3.8, 4) is 11.5 Å². The van der Waals surface area contributed by atoms with E-state index in [1.807, 2.05) is 0 Å². The third-order valence-corrected chi connectivity index (χ3v) is 2.31. The molecule has 98 valence electrons. The highest BCUT2D eigenvalue weighted by Gasteiger charge is 2.34. The van der Waals surface area contributed by atoms with Crippen LogP contribution >= 0.6 is 0 Å². The van der Waals surface area contributed by atoms with Gasteiger partial charge in [-0.05, 0) is 30.3 Å². The highest BCUT2D eigenvalue weighted by molar-refractivity contribution is 5.75. The van der Waals surface area contributed by atoms with E-state index in [-0.39, 0.29) is 17.1 Å². The van der Waals surface area contributed by atoms with Crippen molar-refractivity contribution in [1.82, 2.24) is 4.98 Å². The number of rotatable bonds is 3. The summed E-state index contributed by atoms with van der Waals surface area (Å²) in [4.78, 5) is 14.3. The maximum atomic E-state index is 12.9. The number of carbonyl (C=O) groups is 1. The molecule has 2 rings (SSSR count). The molecule has 19 heavy (non-hydrogen) atoms. The minimum atomic E-state index is -4.60. The molecule has 0 spiro atoms. The number of aldehydes is 1. The average molecular weight is 267 g/mol. The van der Waals surface area contributed by atoms with Gasteiger partial charge in [-0.25, -0.2) is 0 Å². The highest BCUT2D eigenvalue weighted by Crippen LogP contribution is 2.38. The van der Waals surface area contributed by atoms with Crippen LogP contribution in [0.15, 0.2) is 42.7 Å². The molecule has 6 heteroatoms. The number of carbonyl (C=O) groups excluding carboxylic acids is 1. The van der Waals surface area contributed by atoms with Crippen molar-refractivity contribution in [3.63, 3.8) is 0 Å². The number of alkyl halides is 3. The standard InChI is InChI=1S/C13H8F3NO2/c14-13(15,16)11-6-9(8-18)3-4-12(11)19-10-2-1-5-17-7-10/h1-8H. The molecule has 0 N–H and O–H groups in total. The number of benzene rings is 1. The molecule has 0 unspecified atom stereocenters. The van der Waals surface area contributed by atoms with Gasteiger partial charge in [0.1, 0.15) is 17.8 Å². The molecule has 1 aromatic heterocycles. The van der Waals surface area contributed by atoms with Gasteiger partial charge in [0.05, 0.1) is 11.8 Å². The molecule has 0 aliphatic carbocycles. The van der Waals surface area contributed by atoms with Crippen LogP contribution in [0.4, 0.5) is 13.2 Å². The van der Waals surface area contributed by atoms with Gasteiger partial charge in [0.15, 0.2) is 0 Å². The van der Waals surface area contributed by atoms with E-state index in [4.69, 9.17) is 4.74 Å². The Morgan fingerprint density at radius 2 is 2.00 bits per heavy atom. The predicted octanol–water partition coefficient (Wildman–Crippen LogP) is 3.71. The van der Waals surface area contributed by atoms with E-state index in [0.29, 0.717) is 6.29 Å². The Morgan fingerprint density at radius 3 is 2.58 bits per heavy atom. The largest absolute Gasteiger partial charge is 0.455 e. The fourth-order valence-electron chi connectivity index (χ4n) is 1.47. The van der Waals surface area contributed by atoms with Crippen LogP contribution in [0.1, 0.15) is 15.9 Å². The third-order valence-electron chi connectivity index (χ3n) is 2.31. The summed E-state index contributed by atoms with van der Waals surface area (Å²) < 4.78 is 43.7. The van der Waals surface area contributed by atoms with Crippen molar-refractivity contribution in [2.75, 3.05) is 0 Å². The smallest absolute Gasteiger partial charge is 0.420 e.